The second-order valence-electron chi connectivity index (χ2n) is 6.67. The number of ether oxygens (including phenoxy) is 1. The quantitative estimate of drug-likeness (QED) is 0.876. The highest BCUT2D eigenvalue weighted by atomic mass is 16.5. The summed E-state index contributed by atoms with van der Waals surface area (Å²) in [6.07, 6.45) is 1.73. The Bertz CT molecular complexity index is 827. The molecule has 0 saturated heterocycles. The Labute approximate surface area is 145 Å². The van der Waals surface area contributed by atoms with E-state index < -0.39 is 11.4 Å². The number of benzene rings is 1. The minimum Gasteiger partial charge on any atom is -0.490 e. The summed E-state index contributed by atoms with van der Waals surface area (Å²) in [6, 6.07) is 6.47. The summed E-state index contributed by atoms with van der Waals surface area (Å²) >= 11 is 0. The van der Waals surface area contributed by atoms with Gasteiger partial charge >= 0.3 is 6.03 Å². The average Bonchev–Trinajstić information content (AvgIpc) is 2.93. The van der Waals surface area contributed by atoms with Crippen LogP contribution >= 0.6 is 0 Å². The lowest BCUT2D eigenvalue weighted by Gasteiger charge is -2.24. The molecule has 1 aliphatic rings. The van der Waals surface area contributed by atoms with Crippen LogP contribution in [0.15, 0.2) is 30.5 Å². The Kier molecular flexibility index (Phi) is 4.12. The van der Waals surface area contributed by atoms with Crippen molar-refractivity contribution in [2.45, 2.75) is 13.8 Å². The van der Waals surface area contributed by atoms with Crippen molar-refractivity contribution in [1.29, 1.82) is 0 Å². The molecule has 0 radical (unpaired) electrons. The number of aryl methyl sites for hydroxylation is 1. The van der Waals surface area contributed by atoms with Crippen molar-refractivity contribution >= 4 is 29.1 Å². The fraction of sp³-hybridized carbons (Fsp3) is 0.353. The van der Waals surface area contributed by atoms with E-state index in [0.29, 0.717) is 29.5 Å². The number of hydrogen-bond donors (Lipinski definition) is 2. The van der Waals surface area contributed by atoms with Gasteiger partial charge in [-0.2, -0.15) is 5.10 Å². The highest BCUT2D eigenvalue weighted by molar-refractivity contribution is 6.02. The largest absolute Gasteiger partial charge is 0.490 e. The number of hydrogen-bond acceptors (Lipinski definition) is 4. The number of amides is 3. The van der Waals surface area contributed by atoms with Crippen LogP contribution in [0.2, 0.25) is 0 Å². The number of carbonyl (C=O) groups excluding carboxylic acids is 2. The molecule has 2 aromatic rings. The summed E-state index contributed by atoms with van der Waals surface area (Å²) in [6.45, 7) is 3.99. The molecule has 2 heterocycles. The molecule has 1 aromatic heterocycles. The third kappa shape index (κ3) is 3.42. The topological polar surface area (TPSA) is 88.5 Å². The molecule has 0 atom stereocenters. The molecule has 0 bridgehead atoms. The monoisotopic (exact) mass is 343 g/mol. The van der Waals surface area contributed by atoms with E-state index in [1.807, 2.05) is 13.8 Å². The van der Waals surface area contributed by atoms with Gasteiger partial charge in [0.15, 0.2) is 5.82 Å². The van der Waals surface area contributed by atoms with Crippen LogP contribution in [-0.4, -0.2) is 35.4 Å². The summed E-state index contributed by atoms with van der Waals surface area (Å²) < 4.78 is 7.35. The predicted octanol–water partition coefficient (Wildman–Crippen LogP) is 2.45. The van der Waals surface area contributed by atoms with E-state index in [4.69, 9.17) is 4.74 Å². The highest BCUT2D eigenvalue weighted by Crippen LogP contribution is 2.37. The number of carbonyl (C=O) groups is 2. The first-order chi connectivity index (χ1) is 11.8. The van der Waals surface area contributed by atoms with Crippen molar-refractivity contribution in [2.24, 2.45) is 12.5 Å². The molecular weight excluding hydrogens is 322 g/mol. The average molecular weight is 343 g/mol. The molecule has 2 N–H and O–H groups in total. The number of anilines is 3. The van der Waals surface area contributed by atoms with E-state index in [9.17, 15) is 9.59 Å². The minimum atomic E-state index is -0.613. The molecule has 1 aromatic carbocycles. The summed E-state index contributed by atoms with van der Waals surface area (Å²) in [5.74, 6) is 1.02. The normalized spacial score (nSPS) is 15.8. The van der Waals surface area contributed by atoms with E-state index in [-0.39, 0.29) is 5.91 Å². The van der Waals surface area contributed by atoms with Crippen LogP contribution < -0.4 is 20.3 Å². The molecule has 0 unspecified atom stereocenters. The van der Waals surface area contributed by atoms with Gasteiger partial charge in [0, 0.05) is 32.0 Å². The molecule has 0 saturated carbocycles. The summed E-state index contributed by atoms with van der Waals surface area (Å²) in [5, 5.41) is 9.46. The lowest BCUT2D eigenvalue weighted by atomic mass is 9.93. The minimum absolute atomic E-state index is 0.0404. The second kappa shape index (κ2) is 6.12. The van der Waals surface area contributed by atoms with Crippen LogP contribution in [0.25, 0.3) is 0 Å². The van der Waals surface area contributed by atoms with Crippen LogP contribution in [0.5, 0.6) is 5.75 Å². The summed E-state index contributed by atoms with van der Waals surface area (Å²) in [4.78, 5) is 26.2. The molecule has 132 valence electrons. The van der Waals surface area contributed by atoms with Crippen LogP contribution in [0, 0.1) is 5.41 Å². The maximum atomic E-state index is 12.5. The van der Waals surface area contributed by atoms with Crippen molar-refractivity contribution in [3.8, 4) is 5.75 Å². The molecule has 25 heavy (non-hydrogen) atoms. The maximum Gasteiger partial charge on any atom is 0.324 e. The summed E-state index contributed by atoms with van der Waals surface area (Å²) in [7, 11) is 3.47. The van der Waals surface area contributed by atoms with Crippen LogP contribution in [0.1, 0.15) is 13.8 Å². The number of nitrogens with zero attached hydrogens (tertiary/aromatic N) is 3. The SMILES string of the molecule is CN1C(=O)C(C)(C)COc2ccc(NC(=O)Nc3ccn(C)n3)cc21. The molecular formula is C17H21N5O3. The number of aromatic nitrogens is 2. The van der Waals surface area contributed by atoms with Gasteiger partial charge in [0.2, 0.25) is 5.91 Å². The van der Waals surface area contributed by atoms with Gasteiger partial charge < -0.3 is 15.0 Å². The first kappa shape index (κ1) is 16.8. The van der Waals surface area contributed by atoms with Crippen molar-refractivity contribution in [3.63, 3.8) is 0 Å². The van der Waals surface area contributed by atoms with Gasteiger partial charge in [0.05, 0.1) is 11.1 Å². The number of nitrogens with one attached hydrogen (secondary N) is 2. The fourth-order valence-electron chi connectivity index (χ4n) is 2.62. The molecule has 3 rings (SSSR count). The molecule has 1 aliphatic heterocycles. The first-order valence-electron chi connectivity index (χ1n) is 7.89. The maximum absolute atomic E-state index is 12.5. The van der Waals surface area contributed by atoms with Crippen LogP contribution in [-0.2, 0) is 11.8 Å². The van der Waals surface area contributed by atoms with E-state index in [1.54, 1.807) is 54.1 Å². The van der Waals surface area contributed by atoms with Crippen molar-refractivity contribution in [1.82, 2.24) is 9.78 Å². The van der Waals surface area contributed by atoms with Gasteiger partial charge in [-0.3, -0.25) is 14.8 Å². The Morgan fingerprint density at radius 3 is 2.68 bits per heavy atom. The third-order valence-electron chi connectivity index (χ3n) is 4.01. The lowest BCUT2D eigenvalue weighted by Crippen LogP contribution is -2.39. The van der Waals surface area contributed by atoms with E-state index in [2.05, 4.69) is 15.7 Å². The zero-order valence-electron chi connectivity index (χ0n) is 14.7. The smallest absolute Gasteiger partial charge is 0.324 e. The second-order valence-corrected chi connectivity index (χ2v) is 6.67. The van der Waals surface area contributed by atoms with Gasteiger partial charge in [0.25, 0.3) is 0 Å². The molecule has 0 spiro atoms. The van der Waals surface area contributed by atoms with E-state index in [0.717, 1.165) is 0 Å². The van der Waals surface area contributed by atoms with E-state index in [1.165, 1.54) is 0 Å². The zero-order chi connectivity index (χ0) is 18.2. The third-order valence-corrected chi connectivity index (χ3v) is 4.01. The fourth-order valence-corrected chi connectivity index (χ4v) is 2.62. The predicted molar refractivity (Wildman–Crippen MR) is 95.0 cm³/mol. The van der Waals surface area contributed by atoms with Gasteiger partial charge in [-0.1, -0.05) is 0 Å². The number of urea groups is 1. The van der Waals surface area contributed by atoms with E-state index >= 15 is 0 Å². The van der Waals surface area contributed by atoms with Gasteiger partial charge in [-0.25, -0.2) is 4.79 Å². The molecule has 3 amide bonds. The van der Waals surface area contributed by atoms with Gasteiger partial charge in [-0.15, -0.1) is 0 Å². The zero-order valence-corrected chi connectivity index (χ0v) is 14.7. The standard InChI is InChI=1S/C17H21N5O3/c1-17(2)10-25-13-6-5-11(9-12(13)22(4)15(17)23)18-16(24)19-14-7-8-21(3)20-14/h5-9H,10H2,1-4H3,(H2,18,19,20,24). The van der Waals surface area contributed by atoms with Gasteiger partial charge in [-0.05, 0) is 32.0 Å². The molecule has 0 fully saturated rings. The summed E-state index contributed by atoms with van der Waals surface area (Å²) in [5.41, 5.74) is 0.555. The lowest BCUT2D eigenvalue weighted by molar-refractivity contribution is -0.127. The van der Waals surface area contributed by atoms with Crippen LogP contribution in [0.3, 0.4) is 0 Å². The van der Waals surface area contributed by atoms with Crippen molar-refractivity contribution in [2.75, 3.05) is 29.2 Å². The molecule has 8 nitrogen and oxygen atoms in total. The van der Waals surface area contributed by atoms with Crippen molar-refractivity contribution in [3.05, 3.63) is 30.5 Å². The first-order valence-corrected chi connectivity index (χ1v) is 7.89. The Hall–Kier alpha value is -3.03. The number of rotatable bonds is 2. The number of fused-ring (bicyclic) bond motifs is 1. The van der Waals surface area contributed by atoms with Crippen molar-refractivity contribution < 1.29 is 14.3 Å². The highest BCUT2D eigenvalue weighted by Gasteiger charge is 2.36. The molecule has 0 aliphatic carbocycles. The van der Waals surface area contributed by atoms with Gasteiger partial charge in [0.1, 0.15) is 12.4 Å². The Balaban J connectivity index is 1.78. The Morgan fingerprint density at radius 1 is 1.24 bits per heavy atom. The Morgan fingerprint density at radius 2 is 2.00 bits per heavy atom. The molecule has 8 heteroatoms. The van der Waals surface area contributed by atoms with Crippen LogP contribution in [0.4, 0.5) is 22.0 Å².